The molecule has 1 N–H and O–H groups in total. The minimum absolute atomic E-state index is 0.0559. The quantitative estimate of drug-likeness (QED) is 0.608. The first-order valence-electron chi connectivity index (χ1n) is 5.35. The van der Waals surface area contributed by atoms with Gasteiger partial charge in [0.15, 0.2) is 11.6 Å². The lowest BCUT2D eigenvalue weighted by Gasteiger charge is -2.11. The Kier molecular flexibility index (Phi) is 3.15. The van der Waals surface area contributed by atoms with Crippen molar-refractivity contribution in [2.75, 3.05) is 5.32 Å². The molecule has 0 atom stereocenters. The number of benzene rings is 1. The minimum Gasteiger partial charge on any atom is -0.361 e. The number of allylic oxidation sites excluding steroid dienone is 1. The molecule has 2 rings (SSSR count). The number of carbonyl (C=O) groups is 2. The van der Waals surface area contributed by atoms with Crippen LogP contribution in [-0.4, -0.2) is 11.6 Å². The van der Waals surface area contributed by atoms with E-state index in [9.17, 15) is 9.59 Å². The Morgan fingerprint density at radius 3 is 2.25 bits per heavy atom. The van der Waals surface area contributed by atoms with E-state index in [1.165, 1.54) is 6.20 Å². The van der Waals surface area contributed by atoms with Crippen molar-refractivity contribution in [3.05, 3.63) is 42.1 Å². The molecule has 0 bridgehead atoms. The molecule has 0 spiro atoms. The molecule has 82 valence electrons. The first-order chi connectivity index (χ1) is 7.77. The van der Waals surface area contributed by atoms with Crippen LogP contribution in [0.4, 0.5) is 5.69 Å². The number of carbonyl (C=O) groups excluding carboxylic acids is 2. The number of rotatable bonds is 2. The van der Waals surface area contributed by atoms with Crippen molar-refractivity contribution in [1.29, 1.82) is 0 Å². The molecule has 1 aromatic rings. The van der Waals surface area contributed by atoms with Gasteiger partial charge >= 0.3 is 0 Å². The maximum atomic E-state index is 11.5. The van der Waals surface area contributed by atoms with Crippen molar-refractivity contribution < 1.29 is 9.59 Å². The number of anilines is 1. The molecule has 0 heterocycles. The molecule has 1 aromatic carbocycles. The van der Waals surface area contributed by atoms with Gasteiger partial charge in [0.2, 0.25) is 0 Å². The molecule has 1 aliphatic rings. The van der Waals surface area contributed by atoms with E-state index < -0.39 is 0 Å². The molecule has 1 saturated carbocycles. The van der Waals surface area contributed by atoms with Crippen LogP contribution >= 0.6 is 0 Å². The van der Waals surface area contributed by atoms with E-state index in [0.717, 1.165) is 5.69 Å². The molecule has 0 aromatic heterocycles. The summed E-state index contributed by atoms with van der Waals surface area (Å²) < 4.78 is 0. The van der Waals surface area contributed by atoms with Crippen LogP contribution in [0.5, 0.6) is 0 Å². The van der Waals surface area contributed by atoms with Crippen LogP contribution in [0.15, 0.2) is 42.1 Å². The fraction of sp³-hybridized carbons (Fsp3) is 0.231. The van der Waals surface area contributed by atoms with Gasteiger partial charge in [0.05, 0.1) is 5.57 Å². The lowest BCUT2D eigenvalue weighted by Crippen LogP contribution is -2.19. The molecular weight excluding hydrogens is 202 g/mol. The lowest BCUT2D eigenvalue weighted by atomic mass is 9.93. The molecule has 0 amide bonds. The highest BCUT2D eigenvalue weighted by Crippen LogP contribution is 2.17. The van der Waals surface area contributed by atoms with Gasteiger partial charge in [-0.3, -0.25) is 9.59 Å². The van der Waals surface area contributed by atoms with Crippen LogP contribution in [0.2, 0.25) is 0 Å². The predicted octanol–water partition coefficient (Wildman–Crippen LogP) is 2.30. The fourth-order valence-corrected chi connectivity index (χ4v) is 1.69. The van der Waals surface area contributed by atoms with E-state index in [-0.39, 0.29) is 11.6 Å². The maximum absolute atomic E-state index is 11.5. The van der Waals surface area contributed by atoms with Crippen LogP contribution in [-0.2, 0) is 9.59 Å². The van der Waals surface area contributed by atoms with E-state index in [1.54, 1.807) is 0 Å². The molecule has 0 unspecified atom stereocenters. The van der Waals surface area contributed by atoms with Gasteiger partial charge in [-0.15, -0.1) is 0 Å². The molecule has 3 nitrogen and oxygen atoms in total. The Balaban J connectivity index is 2.11. The van der Waals surface area contributed by atoms with Crippen molar-refractivity contribution in [3.63, 3.8) is 0 Å². The number of para-hydroxylation sites is 1. The number of ketones is 2. The summed E-state index contributed by atoms with van der Waals surface area (Å²) in [4.78, 5) is 23.0. The van der Waals surface area contributed by atoms with E-state index in [4.69, 9.17) is 0 Å². The van der Waals surface area contributed by atoms with Gasteiger partial charge in [0.1, 0.15) is 0 Å². The van der Waals surface area contributed by atoms with Crippen LogP contribution in [0, 0.1) is 0 Å². The summed E-state index contributed by atoms with van der Waals surface area (Å²) >= 11 is 0. The summed E-state index contributed by atoms with van der Waals surface area (Å²) in [6, 6.07) is 9.47. The molecule has 1 aliphatic carbocycles. The molecule has 0 saturated heterocycles. The smallest absolute Gasteiger partial charge is 0.167 e. The maximum Gasteiger partial charge on any atom is 0.167 e. The van der Waals surface area contributed by atoms with Crippen molar-refractivity contribution in [1.82, 2.24) is 0 Å². The average molecular weight is 215 g/mol. The van der Waals surface area contributed by atoms with Gasteiger partial charge in [-0.2, -0.15) is 0 Å². The van der Waals surface area contributed by atoms with Gasteiger partial charge in [-0.25, -0.2) is 0 Å². The largest absolute Gasteiger partial charge is 0.361 e. The fourth-order valence-electron chi connectivity index (χ4n) is 1.69. The van der Waals surface area contributed by atoms with E-state index >= 15 is 0 Å². The van der Waals surface area contributed by atoms with Gasteiger partial charge < -0.3 is 5.32 Å². The number of hydrogen-bond donors (Lipinski definition) is 1. The second-order valence-corrected chi connectivity index (χ2v) is 3.77. The molecule has 16 heavy (non-hydrogen) atoms. The lowest BCUT2D eigenvalue weighted by molar-refractivity contribution is -0.123. The van der Waals surface area contributed by atoms with Crippen molar-refractivity contribution in [3.8, 4) is 0 Å². The SMILES string of the molecule is O=C1CCCC(=O)C1=CNc1ccccc1. The molecular formula is C13H13NO2. The first-order valence-corrected chi connectivity index (χ1v) is 5.35. The van der Waals surface area contributed by atoms with Crippen LogP contribution in [0.3, 0.4) is 0 Å². The van der Waals surface area contributed by atoms with Gasteiger partial charge in [0, 0.05) is 24.7 Å². The van der Waals surface area contributed by atoms with Gasteiger partial charge in [-0.05, 0) is 18.6 Å². The monoisotopic (exact) mass is 215 g/mol. The summed E-state index contributed by atoms with van der Waals surface area (Å²) in [5, 5.41) is 2.97. The molecule has 1 fully saturated rings. The van der Waals surface area contributed by atoms with Crippen LogP contribution in [0.25, 0.3) is 0 Å². The number of nitrogens with one attached hydrogen (secondary N) is 1. The van der Waals surface area contributed by atoms with E-state index in [1.807, 2.05) is 30.3 Å². The second-order valence-electron chi connectivity index (χ2n) is 3.77. The third kappa shape index (κ3) is 2.37. The Morgan fingerprint density at radius 1 is 1.00 bits per heavy atom. The van der Waals surface area contributed by atoms with Crippen LogP contribution < -0.4 is 5.32 Å². The third-order valence-corrected chi connectivity index (χ3v) is 2.57. The zero-order valence-corrected chi connectivity index (χ0v) is 8.90. The second kappa shape index (κ2) is 4.75. The summed E-state index contributed by atoms with van der Waals surface area (Å²) in [5.41, 5.74) is 1.18. The standard InChI is InChI=1S/C13H13NO2/c15-12-7-4-8-13(16)11(12)9-14-10-5-2-1-3-6-10/h1-3,5-6,9,14H,4,7-8H2. The Bertz CT molecular complexity index is 417. The average Bonchev–Trinajstić information content (AvgIpc) is 2.30. The Morgan fingerprint density at radius 2 is 1.62 bits per heavy atom. The zero-order chi connectivity index (χ0) is 11.4. The van der Waals surface area contributed by atoms with Crippen molar-refractivity contribution >= 4 is 17.3 Å². The zero-order valence-electron chi connectivity index (χ0n) is 8.90. The number of hydrogen-bond acceptors (Lipinski definition) is 3. The van der Waals surface area contributed by atoms with Crippen molar-refractivity contribution in [2.45, 2.75) is 19.3 Å². The summed E-state index contributed by atoms with van der Waals surface area (Å²) in [6.07, 6.45) is 3.17. The third-order valence-electron chi connectivity index (χ3n) is 2.57. The topological polar surface area (TPSA) is 46.2 Å². The summed E-state index contributed by atoms with van der Waals surface area (Å²) in [7, 11) is 0. The molecule has 0 radical (unpaired) electrons. The summed E-state index contributed by atoms with van der Waals surface area (Å²) in [6.45, 7) is 0. The Labute approximate surface area is 94.2 Å². The van der Waals surface area contributed by atoms with Gasteiger partial charge in [0.25, 0.3) is 0 Å². The molecule has 0 aliphatic heterocycles. The highest BCUT2D eigenvalue weighted by molar-refractivity contribution is 6.21. The Hall–Kier alpha value is -1.90. The predicted molar refractivity (Wildman–Crippen MR) is 62.0 cm³/mol. The summed E-state index contributed by atoms with van der Waals surface area (Å²) in [5.74, 6) is -0.112. The van der Waals surface area contributed by atoms with E-state index in [0.29, 0.717) is 24.8 Å². The minimum atomic E-state index is -0.0559. The van der Waals surface area contributed by atoms with E-state index in [2.05, 4.69) is 5.32 Å². The van der Waals surface area contributed by atoms with Crippen molar-refractivity contribution in [2.24, 2.45) is 0 Å². The number of Topliss-reactive ketones (excluding diaryl/α,β-unsaturated/α-hetero) is 2. The molecule has 3 heteroatoms. The first kappa shape index (κ1) is 10.6. The highest BCUT2D eigenvalue weighted by atomic mass is 16.1. The highest BCUT2D eigenvalue weighted by Gasteiger charge is 2.22. The van der Waals surface area contributed by atoms with Crippen LogP contribution in [0.1, 0.15) is 19.3 Å². The van der Waals surface area contributed by atoms with Gasteiger partial charge in [-0.1, -0.05) is 18.2 Å². The normalized spacial score (nSPS) is 16.1.